The topological polar surface area (TPSA) is 165 Å². The molecule has 0 aromatic heterocycles. The maximum absolute atomic E-state index is 12.5. The highest BCUT2D eigenvalue weighted by Gasteiger charge is 2.29. The Labute approximate surface area is 229 Å². The molecule has 0 saturated carbocycles. The number of nitrogens with zero attached hydrogens (tertiary/aromatic N) is 1. The summed E-state index contributed by atoms with van der Waals surface area (Å²) in [6.45, 7) is 0.163. The lowest BCUT2D eigenvalue weighted by molar-refractivity contribution is -0.384. The van der Waals surface area contributed by atoms with Gasteiger partial charge in [0.15, 0.2) is 0 Å². The fourth-order valence-corrected chi connectivity index (χ4v) is 4.66. The summed E-state index contributed by atoms with van der Waals surface area (Å²) in [6, 6.07) is 19.2. The van der Waals surface area contributed by atoms with Crippen LogP contribution in [0.4, 0.5) is 10.5 Å². The number of benzene rings is 3. The number of nitro benzene ring substituents is 1. The van der Waals surface area contributed by atoms with Crippen LogP contribution in [0.3, 0.4) is 0 Å². The monoisotopic (exact) mass is 545 g/mol. The summed E-state index contributed by atoms with van der Waals surface area (Å²) >= 11 is 0. The molecule has 0 radical (unpaired) electrons. The molecule has 11 heteroatoms. The van der Waals surface area contributed by atoms with Crippen molar-refractivity contribution in [2.24, 2.45) is 0 Å². The van der Waals surface area contributed by atoms with Gasteiger partial charge in [-0.05, 0) is 53.6 Å². The van der Waals surface area contributed by atoms with Crippen LogP contribution in [0.1, 0.15) is 46.7 Å². The molecule has 0 spiro atoms. The molecular weight excluding hydrogens is 518 g/mol. The fraction of sp³-hybridized carbons (Fsp3) is 0.241. The molecule has 1 aliphatic carbocycles. The van der Waals surface area contributed by atoms with Gasteiger partial charge in [-0.2, -0.15) is 0 Å². The Bertz CT molecular complexity index is 1390. The second-order valence-electron chi connectivity index (χ2n) is 9.25. The number of ketones is 1. The Kier molecular flexibility index (Phi) is 8.85. The molecular formula is C29H27N3O8. The number of Topliss-reactive ketones (excluding diaryl/α,β-unsaturated/α-hetero) is 1. The van der Waals surface area contributed by atoms with Gasteiger partial charge in [-0.25, -0.2) is 9.59 Å². The van der Waals surface area contributed by atoms with Gasteiger partial charge in [0.2, 0.25) is 5.78 Å². The molecule has 2 amide bonds. The van der Waals surface area contributed by atoms with E-state index in [1.807, 2.05) is 48.5 Å². The highest BCUT2D eigenvalue weighted by Crippen LogP contribution is 2.44. The van der Waals surface area contributed by atoms with E-state index in [4.69, 9.17) is 4.74 Å². The zero-order chi connectivity index (χ0) is 28.6. The van der Waals surface area contributed by atoms with Crippen LogP contribution in [0.5, 0.6) is 0 Å². The lowest BCUT2D eigenvalue weighted by atomic mass is 9.98. The Morgan fingerprint density at radius 1 is 0.900 bits per heavy atom. The second-order valence-corrected chi connectivity index (χ2v) is 9.25. The van der Waals surface area contributed by atoms with E-state index in [1.165, 1.54) is 12.1 Å². The molecule has 0 aliphatic heterocycles. The minimum absolute atomic E-state index is 0.0151. The number of unbranched alkanes of at least 4 members (excludes halogenated alkanes) is 1. The summed E-state index contributed by atoms with van der Waals surface area (Å²) in [5.74, 6) is -3.08. The number of amides is 2. The zero-order valence-electron chi connectivity index (χ0n) is 21.4. The molecule has 40 heavy (non-hydrogen) atoms. The predicted molar refractivity (Wildman–Crippen MR) is 144 cm³/mol. The molecule has 3 aromatic rings. The zero-order valence-corrected chi connectivity index (χ0v) is 21.4. The number of aliphatic carboxylic acids is 1. The Hall–Kier alpha value is -5.06. The second kappa shape index (κ2) is 12.7. The molecule has 1 atom stereocenters. The van der Waals surface area contributed by atoms with Gasteiger partial charge in [-0.15, -0.1) is 0 Å². The number of rotatable bonds is 12. The average Bonchev–Trinajstić information content (AvgIpc) is 3.28. The molecule has 3 aromatic carbocycles. The molecule has 0 bridgehead atoms. The van der Waals surface area contributed by atoms with Crippen molar-refractivity contribution in [2.75, 3.05) is 13.2 Å². The smallest absolute Gasteiger partial charge is 0.407 e. The fourth-order valence-electron chi connectivity index (χ4n) is 4.66. The number of hydrogen-bond acceptors (Lipinski definition) is 7. The van der Waals surface area contributed by atoms with Gasteiger partial charge in [0, 0.05) is 30.2 Å². The summed E-state index contributed by atoms with van der Waals surface area (Å²) in [4.78, 5) is 58.5. The number of nitrogens with one attached hydrogen (secondary N) is 2. The largest absolute Gasteiger partial charge is 0.480 e. The van der Waals surface area contributed by atoms with Gasteiger partial charge in [0.05, 0.1) is 4.92 Å². The van der Waals surface area contributed by atoms with Crippen molar-refractivity contribution in [3.8, 4) is 11.1 Å². The van der Waals surface area contributed by atoms with Gasteiger partial charge in [0.1, 0.15) is 12.6 Å². The van der Waals surface area contributed by atoms with Crippen LogP contribution >= 0.6 is 0 Å². The third kappa shape index (κ3) is 6.49. The number of nitro groups is 1. The predicted octanol–water partition coefficient (Wildman–Crippen LogP) is 4.06. The van der Waals surface area contributed by atoms with Gasteiger partial charge in [-0.3, -0.25) is 19.7 Å². The first-order chi connectivity index (χ1) is 19.3. The summed E-state index contributed by atoms with van der Waals surface area (Å²) in [5, 5.41) is 25.1. The Balaban J connectivity index is 1.21. The Morgan fingerprint density at radius 3 is 2.08 bits per heavy atom. The van der Waals surface area contributed by atoms with E-state index in [-0.39, 0.29) is 36.7 Å². The van der Waals surface area contributed by atoms with E-state index in [9.17, 15) is 34.4 Å². The SMILES string of the molecule is O=C(N[C@@H](CCCCNC(=O)C(=O)c1ccc([N+](=O)[O-])cc1)C(=O)O)OCC1c2ccccc2-c2ccccc21. The van der Waals surface area contributed by atoms with Crippen molar-refractivity contribution in [1.29, 1.82) is 0 Å². The number of carboxylic acid groups (broad SMARTS) is 1. The minimum atomic E-state index is -1.22. The van der Waals surface area contributed by atoms with E-state index in [0.717, 1.165) is 34.4 Å². The lowest BCUT2D eigenvalue weighted by Gasteiger charge is -2.17. The van der Waals surface area contributed by atoms with Crippen LogP contribution in [0, 0.1) is 10.1 Å². The summed E-state index contributed by atoms with van der Waals surface area (Å²) in [6.07, 6.45) is -0.0513. The number of ether oxygens (including phenoxy) is 1. The Morgan fingerprint density at radius 2 is 1.50 bits per heavy atom. The third-order valence-corrected chi connectivity index (χ3v) is 6.69. The van der Waals surface area contributed by atoms with Crippen molar-refractivity contribution in [2.45, 2.75) is 31.2 Å². The summed E-state index contributed by atoms with van der Waals surface area (Å²) in [5.41, 5.74) is 4.06. The number of carbonyl (C=O) groups is 4. The average molecular weight is 546 g/mol. The lowest BCUT2D eigenvalue weighted by Crippen LogP contribution is -2.41. The molecule has 1 aliphatic rings. The van der Waals surface area contributed by atoms with E-state index in [0.29, 0.717) is 12.8 Å². The van der Waals surface area contributed by atoms with Gasteiger partial charge >= 0.3 is 12.1 Å². The van der Waals surface area contributed by atoms with Gasteiger partial charge < -0.3 is 20.5 Å². The van der Waals surface area contributed by atoms with Crippen molar-refractivity contribution < 1.29 is 33.9 Å². The van der Waals surface area contributed by atoms with E-state index >= 15 is 0 Å². The van der Waals surface area contributed by atoms with Gasteiger partial charge in [0.25, 0.3) is 11.6 Å². The van der Waals surface area contributed by atoms with E-state index in [1.54, 1.807) is 0 Å². The maximum Gasteiger partial charge on any atom is 0.407 e. The minimum Gasteiger partial charge on any atom is -0.480 e. The number of fused-ring (bicyclic) bond motifs is 3. The number of alkyl carbamates (subject to hydrolysis) is 1. The number of hydrogen-bond donors (Lipinski definition) is 3. The van der Waals surface area contributed by atoms with Crippen molar-refractivity contribution >= 4 is 29.4 Å². The third-order valence-electron chi connectivity index (χ3n) is 6.69. The molecule has 0 fully saturated rings. The van der Waals surface area contributed by atoms with Crippen LogP contribution < -0.4 is 10.6 Å². The maximum atomic E-state index is 12.5. The van der Waals surface area contributed by atoms with Crippen LogP contribution in [0.25, 0.3) is 11.1 Å². The highest BCUT2D eigenvalue weighted by molar-refractivity contribution is 6.42. The van der Waals surface area contributed by atoms with Crippen LogP contribution in [0.15, 0.2) is 72.8 Å². The van der Waals surface area contributed by atoms with Crippen LogP contribution in [-0.2, 0) is 14.3 Å². The molecule has 4 rings (SSSR count). The number of carbonyl (C=O) groups excluding carboxylic acids is 3. The highest BCUT2D eigenvalue weighted by atomic mass is 16.6. The van der Waals surface area contributed by atoms with E-state index in [2.05, 4.69) is 10.6 Å². The van der Waals surface area contributed by atoms with E-state index < -0.39 is 34.7 Å². The van der Waals surface area contributed by atoms with Gasteiger partial charge in [-0.1, -0.05) is 48.5 Å². The quantitative estimate of drug-likeness (QED) is 0.101. The number of carboxylic acids is 1. The first kappa shape index (κ1) is 28.0. The summed E-state index contributed by atoms with van der Waals surface area (Å²) < 4.78 is 5.42. The molecule has 3 N–H and O–H groups in total. The molecule has 206 valence electrons. The molecule has 0 saturated heterocycles. The molecule has 0 heterocycles. The van der Waals surface area contributed by atoms with Crippen molar-refractivity contribution in [3.05, 3.63) is 99.6 Å². The van der Waals surface area contributed by atoms with Crippen molar-refractivity contribution in [3.63, 3.8) is 0 Å². The molecule has 0 unspecified atom stereocenters. The molecule has 11 nitrogen and oxygen atoms in total. The van der Waals surface area contributed by atoms with Crippen LogP contribution in [0.2, 0.25) is 0 Å². The van der Waals surface area contributed by atoms with Crippen molar-refractivity contribution in [1.82, 2.24) is 10.6 Å². The van der Waals surface area contributed by atoms with Crippen LogP contribution in [-0.4, -0.2) is 53.0 Å². The normalized spacial score (nSPS) is 12.5. The number of non-ortho nitro benzene ring substituents is 1. The summed E-state index contributed by atoms with van der Waals surface area (Å²) in [7, 11) is 0. The first-order valence-corrected chi connectivity index (χ1v) is 12.7. The first-order valence-electron chi connectivity index (χ1n) is 12.7. The standard InChI is InChI=1S/C29H27N3O8/c33-26(18-12-14-19(15-13-18)32(38)39)27(34)30-16-6-5-11-25(28(35)36)31-29(37)40-17-24-22-9-3-1-7-20(22)21-8-2-4-10-23(21)24/h1-4,7-10,12-15,24-25H,5-6,11,16-17H2,(H,30,34)(H,31,37)(H,35,36)/t25-/m0/s1.